The van der Waals surface area contributed by atoms with E-state index in [0.717, 1.165) is 32.5 Å². The van der Waals surface area contributed by atoms with Gasteiger partial charge in [-0.2, -0.15) is 11.6 Å². The van der Waals surface area contributed by atoms with Gasteiger partial charge in [-0.1, -0.05) is 57.3 Å². The Kier molecular flexibility index (Phi) is 7.47. The van der Waals surface area contributed by atoms with Crippen LogP contribution in [0.3, 0.4) is 0 Å². The third-order valence-corrected chi connectivity index (χ3v) is 13.6. The van der Waals surface area contributed by atoms with Gasteiger partial charge in [-0.15, -0.1) is 12.0 Å². The standard InChI is InChI=1S/C26H41N4OSi.Li/c1-9-29(10-2)25(31)27-19-15-21-20-12-11-13-22-24(20)18(14-23(21)28(6)17-19)16-30(22)32(7,8)26(3,4)5;/h11-13,16,19,23H,9-10,14-15,17H2,1-8H3,(H,27,31);/q-1;+1/t19-,23+;/m0./s1. The first-order valence-corrected chi connectivity index (χ1v) is 15.2. The van der Waals surface area contributed by atoms with Gasteiger partial charge in [0.05, 0.1) is 0 Å². The molecular weight excluding hydrogens is 419 g/mol. The molecule has 1 aliphatic heterocycles. The van der Waals surface area contributed by atoms with Crippen molar-refractivity contribution in [2.75, 3.05) is 26.7 Å². The maximum atomic E-state index is 12.7. The molecule has 176 valence electrons. The van der Waals surface area contributed by atoms with E-state index in [2.05, 4.69) is 79.8 Å². The molecular formula is C26H41LiN4OSi. The van der Waals surface area contributed by atoms with Gasteiger partial charge in [0.1, 0.15) is 0 Å². The predicted molar refractivity (Wildman–Crippen MR) is 137 cm³/mol. The number of likely N-dealkylation sites (tertiary alicyclic amines) is 1. The Balaban J connectivity index is 0.00000306. The number of nitrogens with zero attached hydrogens (tertiary/aromatic N) is 3. The number of amides is 2. The molecule has 0 unspecified atom stereocenters. The van der Waals surface area contributed by atoms with E-state index in [4.69, 9.17) is 0 Å². The van der Waals surface area contributed by atoms with Crippen LogP contribution in [0.2, 0.25) is 18.1 Å². The smallest absolute Gasteiger partial charge is 0.384 e. The van der Waals surface area contributed by atoms with Gasteiger partial charge >= 0.3 is 24.9 Å². The van der Waals surface area contributed by atoms with E-state index in [-0.39, 0.29) is 36.0 Å². The van der Waals surface area contributed by atoms with Crippen molar-refractivity contribution < 1.29 is 23.7 Å². The van der Waals surface area contributed by atoms with Crippen molar-refractivity contribution in [1.82, 2.24) is 19.3 Å². The fourth-order valence-electron chi connectivity index (χ4n) is 5.47. The summed E-state index contributed by atoms with van der Waals surface area (Å²) in [6, 6.07) is 7.50. The molecule has 1 aliphatic carbocycles. The van der Waals surface area contributed by atoms with E-state index < -0.39 is 8.24 Å². The summed E-state index contributed by atoms with van der Waals surface area (Å²) in [7, 11) is 0.492. The minimum Gasteiger partial charge on any atom is -0.384 e. The van der Waals surface area contributed by atoms with Crippen LogP contribution in [0.15, 0.2) is 24.4 Å². The van der Waals surface area contributed by atoms with Crippen LogP contribution in [-0.4, -0.2) is 67.1 Å². The molecule has 1 fully saturated rings. The Morgan fingerprint density at radius 3 is 2.52 bits per heavy atom. The first-order chi connectivity index (χ1) is 15.0. The maximum Gasteiger partial charge on any atom is 1.00 e. The molecule has 1 N–H and O–H groups in total. The molecule has 2 aromatic rings. The number of likely N-dealkylation sites (N-methyl/N-ethyl adjacent to an activating group) is 1. The van der Waals surface area contributed by atoms with E-state index in [9.17, 15) is 4.79 Å². The molecule has 0 spiro atoms. The zero-order chi connectivity index (χ0) is 23.4. The zero-order valence-corrected chi connectivity index (χ0v) is 23.2. The topological polar surface area (TPSA) is 40.5 Å². The van der Waals surface area contributed by atoms with Crippen molar-refractivity contribution in [3.63, 3.8) is 0 Å². The van der Waals surface area contributed by atoms with E-state index in [1.807, 2.05) is 18.7 Å². The largest absolute Gasteiger partial charge is 1.00 e. The van der Waals surface area contributed by atoms with Gasteiger partial charge in [0.25, 0.3) is 0 Å². The SMILES string of the molecule is CCN(CC)C(=O)N[C@H]1C[C-]2c3cccc4c3c(cn4[Si](C)(C)C(C)(C)C)C[C@H]2N(C)C1.[Li+]. The number of nitrogens with one attached hydrogen (secondary N) is 1. The fraction of sp³-hybridized carbons (Fsp3) is 0.615. The van der Waals surface area contributed by atoms with Crippen molar-refractivity contribution in [2.45, 2.75) is 77.7 Å². The second-order valence-electron chi connectivity index (χ2n) is 11.2. The molecule has 4 rings (SSSR count). The molecule has 5 nitrogen and oxygen atoms in total. The van der Waals surface area contributed by atoms with Gasteiger partial charge in [0.2, 0.25) is 0 Å². The van der Waals surface area contributed by atoms with Crippen molar-refractivity contribution >= 4 is 25.2 Å². The third kappa shape index (κ3) is 4.40. The Bertz CT molecular complexity index is 1010. The summed E-state index contributed by atoms with van der Waals surface area (Å²) in [6.45, 7) is 18.6. The average molecular weight is 461 g/mol. The van der Waals surface area contributed by atoms with Gasteiger partial charge in [-0.25, -0.2) is 4.79 Å². The van der Waals surface area contributed by atoms with Crippen molar-refractivity contribution in [3.8, 4) is 0 Å². The summed E-state index contributed by atoms with van der Waals surface area (Å²) >= 11 is 0. The molecule has 0 bridgehead atoms. The minimum absolute atomic E-state index is 0. The first-order valence-electron chi connectivity index (χ1n) is 12.2. The molecule has 2 heterocycles. The van der Waals surface area contributed by atoms with Crippen LogP contribution in [0.5, 0.6) is 0 Å². The molecule has 0 radical (unpaired) electrons. The van der Waals surface area contributed by atoms with Crippen LogP contribution < -0.4 is 24.2 Å². The Morgan fingerprint density at radius 2 is 1.91 bits per heavy atom. The number of hydrogen-bond donors (Lipinski definition) is 1. The number of benzene rings is 1. The molecule has 2 aliphatic rings. The molecule has 33 heavy (non-hydrogen) atoms. The Morgan fingerprint density at radius 1 is 1.24 bits per heavy atom. The van der Waals surface area contributed by atoms with Gasteiger partial charge in [-0.3, -0.25) is 0 Å². The van der Waals surface area contributed by atoms with Gasteiger partial charge in [0, 0.05) is 25.7 Å². The molecule has 1 saturated heterocycles. The number of carbonyl (C=O) groups excluding carboxylic acids is 1. The van der Waals surface area contributed by atoms with E-state index in [0.29, 0.717) is 6.04 Å². The molecule has 0 saturated carbocycles. The Labute approximate surface area is 213 Å². The van der Waals surface area contributed by atoms with E-state index in [1.165, 1.54) is 27.9 Å². The van der Waals surface area contributed by atoms with Crippen LogP contribution in [0, 0.1) is 5.92 Å². The van der Waals surface area contributed by atoms with Crippen LogP contribution in [0.25, 0.3) is 10.9 Å². The van der Waals surface area contributed by atoms with Crippen LogP contribution >= 0.6 is 0 Å². The van der Waals surface area contributed by atoms with E-state index >= 15 is 0 Å². The monoisotopic (exact) mass is 460 g/mol. The predicted octanol–water partition coefficient (Wildman–Crippen LogP) is 2.10. The molecule has 2 amide bonds. The molecule has 1 aromatic heterocycles. The first kappa shape index (κ1) is 26.3. The Hall–Kier alpha value is -1.33. The number of fused-ring (bicyclic) bond motifs is 2. The quantitative estimate of drug-likeness (QED) is 0.561. The summed E-state index contributed by atoms with van der Waals surface area (Å²) in [4.78, 5) is 17.1. The van der Waals surface area contributed by atoms with Crippen LogP contribution in [0.4, 0.5) is 4.79 Å². The number of aromatic nitrogens is 1. The minimum atomic E-state index is -1.73. The van der Waals surface area contributed by atoms with Crippen LogP contribution in [-0.2, 0) is 6.42 Å². The fourth-order valence-corrected chi connectivity index (χ4v) is 7.46. The summed E-state index contributed by atoms with van der Waals surface area (Å²) < 4.78 is 2.65. The number of urea groups is 1. The summed E-state index contributed by atoms with van der Waals surface area (Å²) in [5, 5.41) is 5.04. The zero-order valence-electron chi connectivity index (χ0n) is 22.2. The molecule has 1 aromatic carbocycles. The van der Waals surface area contributed by atoms with Gasteiger partial charge < -0.3 is 19.3 Å². The number of piperidine rings is 1. The molecule has 2 atom stereocenters. The molecule has 7 heteroatoms. The summed E-state index contributed by atoms with van der Waals surface area (Å²) in [5.74, 6) is 1.50. The average Bonchev–Trinajstić information content (AvgIpc) is 3.10. The summed E-state index contributed by atoms with van der Waals surface area (Å²) in [5.41, 5.74) is 4.29. The third-order valence-electron chi connectivity index (χ3n) is 8.39. The number of hydrogen-bond acceptors (Lipinski definition) is 2. The second kappa shape index (κ2) is 9.38. The maximum absolute atomic E-state index is 12.7. The second-order valence-corrected chi connectivity index (χ2v) is 16.3. The number of rotatable bonds is 4. The van der Waals surface area contributed by atoms with Crippen molar-refractivity contribution in [3.05, 3.63) is 41.4 Å². The van der Waals surface area contributed by atoms with Crippen LogP contribution in [0.1, 0.15) is 52.2 Å². The number of carbonyl (C=O) groups is 1. The van der Waals surface area contributed by atoms with E-state index in [1.54, 1.807) is 0 Å². The van der Waals surface area contributed by atoms with Crippen molar-refractivity contribution in [2.24, 2.45) is 0 Å². The summed E-state index contributed by atoms with van der Waals surface area (Å²) in [6.07, 6.45) is 4.48. The van der Waals surface area contributed by atoms with Crippen molar-refractivity contribution in [1.29, 1.82) is 0 Å². The normalized spacial score (nSPS) is 20.9. The van der Waals surface area contributed by atoms with Gasteiger partial charge in [0.15, 0.2) is 8.24 Å². The van der Waals surface area contributed by atoms with Gasteiger partial charge in [-0.05, 0) is 50.1 Å².